The number of ether oxygens (including phenoxy) is 1. The third-order valence-electron chi connectivity index (χ3n) is 1.80. The van der Waals surface area contributed by atoms with Crippen LogP contribution in [0.4, 0.5) is 10.1 Å². The predicted molar refractivity (Wildman–Crippen MR) is 44.5 cm³/mol. The Morgan fingerprint density at radius 1 is 1.64 bits per heavy atom. The zero-order valence-electron chi connectivity index (χ0n) is 7.14. The lowest BCUT2D eigenvalue weighted by Gasteiger charge is -2.02. The Hall–Kier alpha value is -1.72. The zero-order chi connectivity index (χ0) is 10.1. The van der Waals surface area contributed by atoms with Gasteiger partial charge in [0.25, 0.3) is 5.88 Å². The van der Waals surface area contributed by atoms with Gasteiger partial charge in [0, 0.05) is 0 Å². The highest BCUT2D eigenvalue weighted by Gasteiger charge is 2.28. The molecule has 0 saturated heterocycles. The molecule has 1 aliphatic carbocycles. The maximum absolute atomic E-state index is 12.6. The van der Waals surface area contributed by atoms with Crippen molar-refractivity contribution in [1.82, 2.24) is 4.98 Å². The molecule has 0 N–H and O–H groups in total. The molecule has 6 heteroatoms. The molecule has 1 saturated carbocycles. The quantitative estimate of drug-likeness (QED) is 0.547. The van der Waals surface area contributed by atoms with Crippen LogP contribution in [0.1, 0.15) is 12.8 Å². The largest absolute Gasteiger partial charge is 0.469 e. The molecule has 1 aliphatic rings. The van der Waals surface area contributed by atoms with E-state index in [2.05, 4.69) is 4.98 Å². The summed E-state index contributed by atoms with van der Waals surface area (Å²) >= 11 is 0. The van der Waals surface area contributed by atoms with Gasteiger partial charge in [0.15, 0.2) is 0 Å². The SMILES string of the molecule is O=[N+]([O-])c1cc(F)cnc1OC1CC1. The van der Waals surface area contributed by atoms with Crippen molar-refractivity contribution in [3.8, 4) is 5.88 Å². The van der Waals surface area contributed by atoms with Crippen molar-refractivity contribution >= 4 is 5.69 Å². The summed E-state index contributed by atoms with van der Waals surface area (Å²) in [5.41, 5.74) is -0.420. The molecule has 1 aromatic rings. The fraction of sp³-hybridized carbons (Fsp3) is 0.375. The van der Waals surface area contributed by atoms with Crippen molar-refractivity contribution in [3.63, 3.8) is 0 Å². The Morgan fingerprint density at radius 2 is 2.36 bits per heavy atom. The van der Waals surface area contributed by atoms with E-state index in [-0.39, 0.29) is 12.0 Å². The number of aromatic nitrogens is 1. The van der Waals surface area contributed by atoms with Crippen LogP contribution >= 0.6 is 0 Å². The third kappa shape index (κ3) is 1.78. The van der Waals surface area contributed by atoms with Crippen LogP contribution in [0.2, 0.25) is 0 Å². The van der Waals surface area contributed by atoms with Crippen LogP contribution < -0.4 is 4.74 Å². The highest BCUT2D eigenvalue weighted by atomic mass is 19.1. The second-order valence-electron chi connectivity index (χ2n) is 3.05. The second kappa shape index (κ2) is 3.21. The Balaban J connectivity index is 2.31. The summed E-state index contributed by atoms with van der Waals surface area (Å²) in [6.45, 7) is 0. The van der Waals surface area contributed by atoms with Gasteiger partial charge in [-0.15, -0.1) is 0 Å². The summed E-state index contributed by atoms with van der Waals surface area (Å²) in [4.78, 5) is 13.3. The van der Waals surface area contributed by atoms with Crippen LogP contribution in [0.15, 0.2) is 12.3 Å². The number of nitro groups is 1. The molecule has 1 fully saturated rings. The molecule has 0 spiro atoms. The van der Waals surface area contributed by atoms with Crippen LogP contribution in [0.25, 0.3) is 0 Å². The van der Waals surface area contributed by atoms with Gasteiger partial charge in [0.2, 0.25) is 0 Å². The summed E-state index contributed by atoms with van der Waals surface area (Å²) in [7, 11) is 0. The summed E-state index contributed by atoms with van der Waals surface area (Å²) in [6.07, 6.45) is 2.66. The Labute approximate surface area is 78.7 Å². The van der Waals surface area contributed by atoms with E-state index in [1.165, 1.54) is 0 Å². The van der Waals surface area contributed by atoms with Gasteiger partial charge in [-0.2, -0.15) is 0 Å². The van der Waals surface area contributed by atoms with Crippen LogP contribution in [0.5, 0.6) is 5.88 Å². The van der Waals surface area contributed by atoms with Gasteiger partial charge < -0.3 is 4.74 Å². The molecule has 0 bridgehead atoms. The lowest BCUT2D eigenvalue weighted by atomic mass is 10.4. The van der Waals surface area contributed by atoms with E-state index in [0.29, 0.717) is 0 Å². The van der Waals surface area contributed by atoms with Gasteiger partial charge in [0.1, 0.15) is 11.9 Å². The number of halogens is 1. The molecule has 0 radical (unpaired) electrons. The van der Waals surface area contributed by atoms with Gasteiger partial charge in [-0.3, -0.25) is 10.1 Å². The Morgan fingerprint density at radius 3 is 2.93 bits per heavy atom. The predicted octanol–water partition coefficient (Wildman–Crippen LogP) is 1.67. The first-order chi connectivity index (χ1) is 6.66. The van der Waals surface area contributed by atoms with E-state index >= 15 is 0 Å². The van der Waals surface area contributed by atoms with Crippen molar-refractivity contribution in [3.05, 3.63) is 28.2 Å². The van der Waals surface area contributed by atoms with E-state index in [1.807, 2.05) is 0 Å². The molecule has 5 nitrogen and oxygen atoms in total. The average molecular weight is 198 g/mol. The maximum Gasteiger partial charge on any atom is 0.333 e. The van der Waals surface area contributed by atoms with Gasteiger partial charge in [-0.05, 0) is 12.8 Å². The highest BCUT2D eigenvalue weighted by molar-refractivity contribution is 5.40. The molecule has 1 aromatic heterocycles. The Kier molecular flexibility index (Phi) is 2.03. The normalized spacial score (nSPS) is 15.2. The summed E-state index contributed by atoms with van der Waals surface area (Å²) < 4.78 is 17.8. The van der Waals surface area contributed by atoms with Gasteiger partial charge in [-0.25, -0.2) is 9.37 Å². The van der Waals surface area contributed by atoms with Crippen molar-refractivity contribution in [2.45, 2.75) is 18.9 Å². The molecule has 0 aromatic carbocycles. The molecule has 2 rings (SSSR count). The van der Waals surface area contributed by atoms with Gasteiger partial charge >= 0.3 is 5.69 Å². The number of hydrogen-bond acceptors (Lipinski definition) is 4. The van der Waals surface area contributed by atoms with Gasteiger partial charge in [0.05, 0.1) is 17.2 Å². The monoisotopic (exact) mass is 198 g/mol. The number of hydrogen-bond donors (Lipinski definition) is 0. The summed E-state index contributed by atoms with van der Waals surface area (Å²) in [6, 6.07) is 0.810. The van der Waals surface area contributed by atoms with Crippen LogP contribution in [-0.4, -0.2) is 16.0 Å². The molecular formula is C8H7FN2O3. The minimum atomic E-state index is -0.736. The molecule has 14 heavy (non-hydrogen) atoms. The molecule has 0 aliphatic heterocycles. The van der Waals surface area contributed by atoms with Crippen LogP contribution in [-0.2, 0) is 0 Å². The summed E-state index contributed by atoms with van der Waals surface area (Å²) in [5.74, 6) is -0.834. The standard InChI is InChI=1S/C8H7FN2O3/c9-5-3-7(11(12)13)8(10-4-5)14-6-1-2-6/h3-4,6H,1-2H2. The average Bonchev–Trinajstić information content (AvgIpc) is 2.91. The molecular weight excluding hydrogens is 191 g/mol. The molecule has 0 unspecified atom stereocenters. The van der Waals surface area contributed by atoms with Crippen LogP contribution in [0.3, 0.4) is 0 Å². The first kappa shape index (κ1) is 8.86. The van der Waals surface area contributed by atoms with E-state index in [9.17, 15) is 14.5 Å². The topological polar surface area (TPSA) is 65.3 Å². The first-order valence-corrected chi connectivity index (χ1v) is 4.13. The smallest absolute Gasteiger partial charge is 0.333 e. The molecule has 1 heterocycles. The first-order valence-electron chi connectivity index (χ1n) is 4.13. The molecule has 0 atom stereocenters. The molecule has 0 amide bonds. The van der Waals surface area contributed by atoms with Crippen molar-refractivity contribution in [2.75, 3.05) is 0 Å². The molecule has 74 valence electrons. The minimum Gasteiger partial charge on any atom is -0.469 e. The van der Waals surface area contributed by atoms with E-state index < -0.39 is 16.4 Å². The fourth-order valence-corrected chi connectivity index (χ4v) is 0.981. The van der Waals surface area contributed by atoms with Crippen molar-refractivity contribution < 1.29 is 14.1 Å². The van der Waals surface area contributed by atoms with Crippen molar-refractivity contribution in [1.29, 1.82) is 0 Å². The van der Waals surface area contributed by atoms with E-state index in [1.54, 1.807) is 0 Å². The minimum absolute atomic E-state index is 0.00617. The van der Waals surface area contributed by atoms with Crippen molar-refractivity contribution in [2.24, 2.45) is 0 Å². The Bertz CT molecular complexity index is 379. The van der Waals surface area contributed by atoms with E-state index in [0.717, 1.165) is 25.1 Å². The van der Waals surface area contributed by atoms with E-state index in [4.69, 9.17) is 4.74 Å². The number of pyridine rings is 1. The second-order valence-corrected chi connectivity index (χ2v) is 3.05. The lowest BCUT2D eigenvalue weighted by molar-refractivity contribution is -0.386. The highest BCUT2D eigenvalue weighted by Crippen LogP contribution is 2.31. The fourth-order valence-electron chi connectivity index (χ4n) is 0.981. The number of nitrogens with zero attached hydrogens (tertiary/aromatic N) is 2. The maximum atomic E-state index is 12.6. The lowest BCUT2D eigenvalue weighted by Crippen LogP contribution is -2.02. The number of rotatable bonds is 3. The zero-order valence-corrected chi connectivity index (χ0v) is 7.14. The van der Waals surface area contributed by atoms with Crippen LogP contribution in [0, 0.1) is 15.9 Å². The van der Waals surface area contributed by atoms with Gasteiger partial charge in [-0.1, -0.05) is 0 Å². The summed E-state index contributed by atoms with van der Waals surface area (Å²) in [5, 5.41) is 10.5. The third-order valence-corrected chi connectivity index (χ3v) is 1.80.